The maximum Gasteiger partial charge on any atom is 0.142 e. The summed E-state index contributed by atoms with van der Waals surface area (Å²) in [7, 11) is 2.14. The highest BCUT2D eigenvalue weighted by Gasteiger charge is 2.28. The Balaban J connectivity index is 2.40. The topological polar surface area (TPSA) is 12.5 Å². The van der Waals surface area contributed by atoms with Crippen LogP contribution in [0.2, 0.25) is 0 Å². The van der Waals surface area contributed by atoms with Crippen molar-refractivity contribution in [1.82, 2.24) is 0 Å². The number of ether oxygens (including phenoxy) is 1. The second-order valence-electron chi connectivity index (χ2n) is 6.33. The Hall–Kier alpha value is -1.18. The van der Waals surface area contributed by atoms with Gasteiger partial charge in [0.15, 0.2) is 0 Å². The molecule has 0 spiro atoms. The molecule has 1 aromatic rings. The quantitative estimate of drug-likeness (QED) is 0.787. The van der Waals surface area contributed by atoms with Crippen LogP contribution in [0.4, 0.5) is 5.69 Å². The second kappa shape index (κ2) is 4.49. The zero-order chi connectivity index (χ0) is 13.5. The number of fused-ring (bicyclic) bond motifs is 1. The van der Waals surface area contributed by atoms with Gasteiger partial charge in [0.2, 0.25) is 0 Å². The molecule has 2 rings (SSSR count). The number of anilines is 1. The van der Waals surface area contributed by atoms with Crippen molar-refractivity contribution in [2.75, 3.05) is 18.6 Å². The number of likely N-dealkylation sites (N-methyl/N-ethyl adjacent to an activating group) is 1. The SMILES string of the molecule is CC1COc2cc(C(C)(C)C(C)C)ccc2N1C. The van der Waals surface area contributed by atoms with Gasteiger partial charge in [0.25, 0.3) is 0 Å². The summed E-state index contributed by atoms with van der Waals surface area (Å²) in [6, 6.07) is 7.11. The lowest BCUT2D eigenvalue weighted by molar-refractivity contribution is 0.273. The third-order valence-corrected chi connectivity index (χ3v) is 4.67. The van der Waals surface area contributed by atoms with Gasteiger partial charge in [-0.3, -0.25) is 0 Å². The summed E-state index contributed by atoms with van der Waals surface area (Å²) in [5.41, 5.74) is 2.75. The first-order valence-electron chi connectivity index (χ1n) is 6.84. The average Bonchev–Trinajstić information content (AvgIpc) is 2.33. The fourth-order valence-corrected chi connectivity index (χ4v) is 2.21. The third-order valence-electron chi connectivity index (χ3n) is 4.67. The predicted molar refractivity (Wildman–Crippen MR) is 77.7 cm³/mol. The Bertz CT molecular complexity index is 437. The monoisotopic (exact) mass is 247 g/mol. The van der Waals surface area contributed by atoms with Gasteiger partial charge in [0.05, 0.1) is 11.7 Å². The number of hydrogen-bond acceptors (Lipinski definition) is 2. The van der Waals surface area contributed by atoms with Crippen molar-refractivity contribution in [2.24, 2.45) is 5.92 Å². The molecule has 0 N–H and O–H groups in total. The Kier molecular flexibility index (Phi) is 3.31. The van der Waals surface area contributed by atoms with E-state index >= 15 is 0 Å². The Morgan fingerprint density at radius 3 is 2.61 bits per heavy atom. The molecule has 0 radical (unpaired) electrons. The highest BCUT2D eigenvalue weighted by Crippen LogP contribution is 2.39. The van der Waals surface area contributed by atoms with Crippen molar-refractivity contribution < 1.29 is 4.74 Å². The number of hydrogen-bond donors (Lipinski definition) is 0. The molecule has 0 fully saturated rings. The van der Waals surface area contributed by atoms with Crippen LogP contribution >= 0.6 is 0 Å². The molecule has 1 heterocycles. The average molecular weight is 247 g/mol. The van der Waals surface area contributed by atoms with Gasteiger partial charge in [-0.25, -0.2) is 0 Å². The molecule has 0 aromatic heterocycles. The van der Waals surface area contributed by atoms with Crippen LogP contribution in [0.15, 0.2) is 18.2 Å². The van der Waals surface area contributed by atoms with E-state index in [-0.39, 0.29) is 5.41 Å². The van der Waals surface area contributed by atoms with Crippen molar-refractivity contribution >= 4 is 5.69 Å². The highest BCUT2D eigenvalue weighted by atomic mass is 16.5. The maximum absolute atomic E-state index is 5.88. The van der Waals surface area contributed by atoms with E-state index in [1.54, 1.807) is 0 Å². The third kappa shape index (κ3) is 2.09. The van der Waals surface area contributed by atoms with Crippen LogP contribution in [-0.2, 0) is 5.41 Å². The van der Waals surface area contributed by atoms with Gasteiger partial charge in [-0.15, -0.1) is 0 Å². The van der Waals surface area contributed by atoms with E-state index in [1.165, 1.54) is 11.3 Å². The maximum atomic E-state index is 5.88. The second-order valence-corrected chi connectivity index (χ2v) is 6.33. The first kappa shape index (κ1) is 13.3. The lowest BCUT2D eigenvalue weighted by Gasteiger charge is -2.36. The van der Waals surface area contributed by atoms with Crippen LogP contribution in [0, 0.1) is 5.92 Å². The van der Waals surface area contributed by atoms with Gasteiger partial charge in [-0.1, -0.05) is 33.8 Å². The molecule has 0 aliphatic carbocycles. The van der Waals surface area contributed by atoms with Crippen LogP contribution in [-0.4, -0.2) is 19.7 Å². The first-order valence-corrected chi connectivity index (χ1v) is 6.84. The standard InChI is InChI=1S/C16H25NO/c1-11(2)16(4,5)13-7-8-14-15(9-13)18-10-12(3)17(14)6/h7-9,11-12H,10H2,1-6H3. The predicted octanol–water partition coefficient (Wildman–Crippen LogP) is 3.84. The molecular formula is C16H25NO. The van der Waals surface area contributed by atoms with Crippen LogP contribution in [0.3, 0.4) is 0 Å². The fourth-order valence-electron chi connectivity index (χ4n) is 2.21. The highest BCUT2D eigenvalue weighted by molar-refractivity contribution is 5.62. The van der Waals surface area contributed by atoms with Gasteiger partial charge in [0.1, 0.15) is 12.4 Å². The van der Waals surface area contributed by atoms with Crippen molar-refractivity contribution in [3.05, 3.63) is 23.8 Å². The van der Waals surface area contributed by atoms with Gasteiger partial charge in [-0.2, -0.15) is 0 Å². The molecule has 2 nitrogen and oxygen atoms in total. The first-order chi connectivity index (χ1) is 8.34. The van der Waals surface area contributed by atoms with Crippen LogP contribution in [0.25, 0.3) is 0 Å². The molecule has 1 atom stereocenters. The summed E-state index contributed by atoms with van der Waals surface area (Å²) in [6.45, 7) is 12.1. The Morgan fingerprint density at radius 2 is 2.00 bits per heavy atom. The summed E-state index contributed by atoms with van der Waals surface area (Å²) in [6.07, 6.45) is 0. The molecular weight excluding hydrogens is 222 g/mol. The molecule has 0 bridgehead atoms. The van der Waals surface area contributed by atoms with Crippen molar-refractivity contribution in [3.63, 3.8) is 0 Å². The van der Waals surface area contributed by atoms with E-state index in [9.17, 15) is 0 Å². The number of rotatable bonds is 2. The van der Waals surface area contributed by atoms with E-state index in [0.717, 1.165) is 12.4 Å². The molecule has 2 heteroatoms. The normalized spacial score (nSPS) is 19.7. The van der Waals surface area contributed by atoms with E-state index in [4.69, 9.17) is 4.74 Å². The van der Waals surface area contributed by atoms with E-state index in [0.29, 0.717) is 12.0 Å². The largest absolute Gasteiger partial charge is 0.489 e. The van der Waals surface area contributed by atoms with Crippen molar-refractivity contribution in [3.8, 4) is 5.75 Å². The van der Waals surface area contributed by atoms with Crippen LogP contribution in [0.5, 0.6) is 5.75 Å². The van der Waals surface area contributed by atoms with Gasteiger partial charge >= 0.3 is 0 Å². The molecule has 1 aromatic carbocycles. The van der Waals surface area contributed by atoms with Crippen molar-refractivity contribution in [1.29, 1.82) is 0 Å². The summed E-state index contributed by atoms with van der Waals surface area (Å²) in [4.78, 5) is 2.30. The molecule has 18 heavy (non-hydrogen) atoms. The Labute approximate surface area is 111 Å². The van der Waals surface area contributed by atoms with Gasteiger partial charge in [0, 0.05) is 7.05 Å². The van der Waals surface area contributed by atoms with Crippen molar-refractivity contribution in [2.45, 2.75) is 46.1 Å². The molecule has 0 saturated carbocycles. The lowest BCUT2D eigenvalue weighted by atomic mass is 9.75. The molecule has 0 amide bonds. The van der Waals surface area contributed by atoms with Crippen LogP contribution < -0.4 is 9.64 Å². The Morgan fingerprint density at radius 1 is 1.33 bits per heavy atom. The zero-order valence-electron chi connectivity index (χ0n) is 12.4. The lowest BCUT2D eigenvalue weighted by Crippen LogP contribution is -2.38. The van der Waals surface area contributed by atoms with Gasteiger partial charge < -0.3 is 9.64 Å². The van der Waals surface area contributed by atoms with Crippen LogP contribution in [0.1, 0.15) is 40.2 Å². The number of nitrogens with zero attached hydrogens (tertiary/aromatic N) is 1. The zero-order valence-corrected chi connectivity index (χ0v) is 12.4. The minimum atomic E-state index is 0.181. The number of benzene rings is 1. The summed E-state index contributed by atoms with van der Waals surface area (Å²) in [5.74, 6) is 1.64. The minimum Gasteiger partial charge on any atom is -0.489 e. The summed E-state index contributed by atoms with van der Waals surface area (Å²) >= 11 is 0. The molecule has 1 aliphatic rings. The minimum absolute atomic E-state index is 0.181. The smallest absolute Gasteiger partial charge is 0.142 e. The van der Waals surface area contributed by atoms with E-state index < -0.39 is 0 Å². The summed E-state index contributed by atoms with van der Waals surface area (Å²) < 4.78 is 5.88. The van der Waals surface area contributed by atoms with E-state index in [1.807, 2.05) is 0 Å². The fraction of sp³-hybridized carbons (Fsp3) is 0.625. The van der Waals surface area contributed by atoms with Gasteiger partial charge in [-0.05, 0) is 36.0 Å². The molecule has 1 aliphatic heterocycles. The molecule has 0 saturated heterocycles. The molecule has 100 valence electrons. The molecule has 1 unspecified atom stereocenters. The summed E-state index contributed by atoms with van der Waals surface area (Å²) in [5, 5.41) is 0. The van der Waals surface area contributed by atoms with E-state index in [2.05, 4.69) is 64.8 Å².